The predicted molar refractivity (Wildman–Crippen MR) is 116 cm³/mol. The second kappa shape index (κ2) is 11.4. The first-order valence-electron chi connectivity index (χ1n) is 10.4. The van der Waals surface area contributed by atoms with Gasteiger partial charge in [-0.05, 0) is 42.0 Å². The van der Waals surface area contributed by atoms with Crippen molar-refractivity contribution in [2.75, 3.05) is 53.6 Å². The van der Waals surface area contributed by atoms with Crippen molar-refractivity contribution in [3.8, 4) is 11.5 Å². The summed E-state index contributed by atoms with van der Waals surface area (Å²) in [6.07, 6.45) is 0. The third-order valence-corrected chi connectivity index (χ3v) is 5.29. The molecule has 2 aromatic rings. The molecule has 1 aliphatic heterocycles. The topological polar surface area (TPSA) is 89.1 Å². The van der Waals surface area contributed by atoms with Crippen molar-refractivity contribution >= 4 is 11.8 Å². The molecule has 8 nitrogen and oxygen atoms in total. The van der Waals surface area contributed by atoms with E-state index in [-0.39, 0.29) is 24.1 Å². The van der Waals surface area contributed by atoms with Gasteiger partial charge in [-0.1, -0.05) is 6.07 Å². The molecule has 2 N–H and O–H groups in total. The third kappa shape index (κ3) is 6.18. The maximum atomic E-state index is 13.0. The van der Waals surface area contributed by atoms with E-state index < -0.39 is 11.7 Å². The molecule has 0 spiro atoms. The third-order valence-electron chi connectivity index (χ3n) is 5.29. The summed E-state index contributed by atoms with van der Waals surface area (Å²) in [5.74, 6) is 0.0539. The summed E-state index contributed by atoms with van der Waals surface area (Å²) in [5.41, 5.74) is 1.26. The van der Waals surface area contributed by atoms with Crippen molar-refractivity contribution in [3.05, 3.63) is 59.4 Å². The zero-order valence-electron chi connectivity index (χ0n) is 18.2. The molecule has 0 aliphatic carbocycles. The number of halogens is 1. The lowest BCUT2D eigenvalue weighted by molar-refractivity contribution is -0.120. The van der Waals surface area contributed by atoms with Gasteiger partial charge in [0.05, 0.1) is 40.0 Å². The standard InChI is InChI=1S/C23H28FN3O5/c1-30-20-8-5-17(13-21(20)31-2)19(27-9-11-32-12-10-27)14-25-22(28)15-26-23(29)16-3-6-18(24)7-4-16/h3-8,13,19H,9-12,14-15H2,1-2H3,(H,25,28)(H,26,29). The van der Waals surface area contributed by atoms with Crippen molar-refractivity contribution in [2.45, 2.75) is 6.04 Å². The zero-order chi connectivity index (χ0) is 22.9. The van der Waals surface area contributed by atoms with Crippen LogP contribution in [0.15, 0.2) is 42.5 Å². The Morgan fingerprint density at radius 1 is 1.03 bits per heavy atom. The second-order valence-corrected chi connectivity index (χ2v) is 7.27. The predicted octanol–water partition coefficient (Wildman–Crippen LogP) is 1.76. The van der Waals surface area contributed by atoms with Crippen LogP contribution in [-0.4, -0.2) is 70.3 Å². The largest absolute Gasteiger partial charge is 0.493 e. The van der Waals surface area contributed by atoms with E-state index in [4.69, 9.17) is 14.2 Å². The van der Waals surface area contributed by atoms with Crippen molar-refractivity contribution < 1.29 is 28.2 Å². The van der Waals surface area contributed by atoms with Gasteiger partial charge in [0.1, 0.15) is 5.82 Å². The molecule has 1 saturated heterocycles. The molecule has 1 heterocycles. The molecule has 0 saturated carbocycles. The monoisotopic (exact) mass is 445 g/mol. The van der Waals surface area contributed by atoms with E-state index in [0.717, 1.165) is 18.7 Å². The molecule has 9 heteroatoms. The van der Waals surface area contributed by atoms with Crippen LogP contribution < -0.4 is 20.1 Å². The second-order valence-electron chi connectivity index (χ2n) is 7.27. The van der Waals surface area contributed by atoms with Crippen LogP contribution in [-0.2, 0) is 9.53 Å². The Balaban J connectivity index is 1.62. The van der Waals surface area contributed by atoms with Crippen molar-refractivity contribution in [1.29, 1.82) is 0 Å². The fourth-order valence-corrected chi connectivity index (χ4v) is 3.54. The molecule has 3 rings (SSSR count). The first-order chi connectivity index (χ1) is 15.5. The molecule has 0 radical (unpaired) electrons. The van der Waals surface area contributed by atoms with Crippen LogP contribution >= 0.6 is 0 Å². The molecule has 2 aromatic carbocycles. The Kier molecular flexibility index (Phi) is 8.41. The minimum atomic E-state index is -0.440. The van der Waals surface area contributed by atoms with Gasteiger partial charge in [-0.2, -0.15) is 0 Å². The number of carbonyl (C=O) groups excluding carboxylic acids is 2. The highest BCUT2D eigenvalue weighted by atomic mass is 19.1. The maximum absolute atomic E-state index is 13.0. The summed E-state index contributed by atoms with van der Waals surface area (Å²) in [5, 5.41) is 5.44. The number of hydrogen-bond donors (Lipinski definition) is 2. The summed E-state index contributed by atoms with van der Waals surface area (Å²) >= 11 is 0. The summed E-state index contributed by atoms with van der Waals surface area (Å²) < 4.78 is 29.2. The number of nitrogens with zero attached hydrogens (tertiary/aromatic N) is 1. The van der Waals surface area contributed by atoms with Crippen LogP contribution in [0.3, 0.4) is 0 Å². The van der Waals surface area contributed by atoms with Crippen molar-refractivity contribution in [1.82, 2.24) is 15.5 Å². The molecule has 1 fully saturated rings. The summed E-state index contributed by atoms with van der Waals surface area (Å²) in [4.78, 5) is 26.8. The minimum absolute atomic E-state index is 0.101. The molecule has 32 heavy (non-hydrogen) atoms. The molecule has 0 bridgehead atoms. The summed E-state index contributed by atoms with van der Waals surface area (Å²) in [7, 11) is 3.16. The number of nitrogens with one attached hydrogen (secondary N) is 2. The highest BCUT2D eigenvalue weighted by Gasteiger charge is 2.24. The summed E-state index contributed by atoms with van der Waals surface area (Å²) in [6.45, 7) is 2.86. The van der Waals surface area contributed by atoms with E-state index in [9.17, 15) is 14.0 Å². The fraction of sp³-hybridized carbons (Fsp3) is 0.391. The number of hydrogen-bond acceptors (Lipinski definition) is 6. The molecule has 2 amide bonds. The molecular weight excluding hydrogens is 417 g/mol. The lowest BCUT2D eigenvalue weighted by Gasteiger charge is -2.35. The quantitative estimate of drug-likeness (QED) is 0.612. The normalized spacial score (nSPS) is 15.0. The Hall–Kier alpha value is -3.17. The number of methoxy groups -OCH3 is 2. The number of morpholine rings is 1. The maximum Gasteiger partial charge on any atom is 0.251 e. The van der Waals surface area contributed by atoms with E-state index in [1.54, 1.807) is 14.2 Å². The first-order valence-corrected chi connectivity index (χ1v) is 10.4. The fourth-order valence-electron chi connectivity index (χ4n) is 3.54. The zero-order valence-corrected chi connectivity index (χ0v) is 18.2. The molecule has 1 atom stereocenters. The Morgan fingerprint density at radius 3 is 2.38 bits per heavy atom. The number of ether oxygens (including phenoxy) is 3. The lowest BCUT2D eigenvalue weighted by atomic mass is 10.0. The van der Waals surface area contributed by atoms with Crippen molar-refractivity contribution in [2.24, 2.45) is 0 Å². The SMILES string of the molecule is COc1ccc(C(CNC(=O)CNC(=O)c2ccc(F)cc2)N2CCOCC2)cc1OC. The highest BCUT2D eigenvalue weighted by molar-refractivity contribution is 5.96. The van der Waals surface area contributed by atoms with Gasteiger partial charge in [-0.15, -0.1) is 0 Å². The number of amides is 2. The van der Waals surface area contributed by atoms with Gasteiger partial charge < -0.3 is 24.8 Å². The van der Waals surface area contributed by atoms with Crippen LogP contribution in [0.5, 0.6) is 11.5 Å². The molecular formula is C23H28FN3O5. The van der Waals surface area contributed by atoms with Crippen LogP contribution in [0.25, 0.3) is 0 Å². The van der Waals surface area contributed by atoms with Gasteiger partial charge >= 0.3 is 0 Å². The van der Waals surface area contributed by atoms with Gasteiger partial charge in [-0.25, -0.2) is 4.39 Å². The lowest BCUT2D eigenvalue weighted by Crippen LogP contribution is -2.45. The molecule has 0 aromatic heterocycles. The number of benzene rings is 2. The molecule has 1 unspecified atom stereocenters. The molecule has 1 aliphatic rings. The van der Waals surface area contributed by atoms with Gasteiger partial charge in [0.25, 0.3) is 5.91 Å². The van der Waals surface area contributed by atoms with Gasteiger partial charge in [0, 0.05) is 25.2 Å². The minimum Gasteiger partial charge on any atom is -0.493 e. The smallest absolute Gasteiger partial charge is 0.251 e. The van der Waals surface area contributed by atoms with Crippen LogP contribution in [0.4, 0.5) is 4.39 Å². The van der Waals surface area contributed by atoms with E-state index in [0.29, 0.717) is 31.3 Å². The number of rotatable bonds is 9. The van der Waals surface area contributed by atoms with Gasteiger partial charge in [0.15, 0.2) is 11.5 Å². The Labute approximate surface area is 186 Å². The van der Waals surface area contributed by atoms with Crippen LogP contribution in [0, 0.1) is 5.82 Å². The van der Waals surface area contributed by atoms with E-state index in [1.807, 2.05) is 18.2 Å². The van der Waals surface area contributed by atoms with Gasteiger partial charge in [-0.3, -0.25) is 14.5 Å². The van der Waals surface area contributed by atoms with Crippen LogP contribution in [0.1, 0.15) is 22.0 Å². The van der Waals surface area contributed by atoms with E-state index >= 15 is 0 Å². The first kappa shape index (κ1) is 23.5. The van der Waals surface area contributed by atoms with Crippen LogP contribution in [0.2, 0.25) is 0 Å². The summed E-state index contributed by atoms with van der Waals surface area (Å²) in [6, 6.07) is 10.7. The van der Waals surface area contributed by atoms with Crippen molar-refractivity contribution in [3.63, 3.8) is 0 Å². The van der Waals surface area contributed by atoms with E-state index in [1.165, 1.54) is 24.3 Å². The average molecular weight is 445 g/mol. The van der Waals surface area contributed by atoms with E-state index in [2.05, 4.69) is 15.5 Å². The number of carbonyl (C=O) groups is 2. The average Bonchev–Trinajstić information content (AvgIpc) is 2.83. The molecule has 172 valence electrons. The Bertz CT molecular complexity index is 916. The highest BCUT2D eigenvalue weighted by Crippen LogP contribution is 2.32. The Morgan fingerprint density at radius 2 is 1.72 bits per heavy atom. The van der Waals surface area contributed by atoms with Gasteiger partial charge in [0.2, 0.25) is 5.91 Å².